The number of nitrogens with zero attached hydrogens (tertiary/aromatic N) is 1. The standard InChI is InChI=1S/C14H21N/c1-2-15-12-6-9-14(15)11-10-13-7-4-3-5-8-13/h3-5,7-8,14H,2,6,9-12H2,1H3. The minimum atomic E-state index is 0.843. The van der Waals surface area contributed by atoms with Crippen molar-refractivity contribution in [2.24, 2.45) is 0 Å². The average Bonchev–Trinajstić information content (AvgIpc) is 2.75. The van der Waals surface area contributed by atoms with Gasteiger partial charge in [0.1, 0.15) is 0 Å². The summed E-state index contributed by atoms with van der Waals surface area (Å²) in [4.78, 5) is 2.63. The fraction of sp³-hybridized carbons (Fsp3) is 0.571. The topological polar surface area (TPSA) is 3.24 Å². The van der Waals surface area contributed by atoms with Gasteiger partial charge in [0.25, 0.3) is 0 Å². The Morgan fingerprint density at radius 3 is 2.80 bits per heavy atom. The van der Waals surface area contributed by atoms with Crippen LogP contribution in [0.2, 0.25) is 0 Å². The highest BCUT2D eigenvalue weighted by molar-refractivity contribution is 5.14. The maximum atomic E-state index is 2.63. The van der Waals surface area contributed by atoms with E-state index in [-0.39, 0.29) is 0 Å². The van der Waals surface area contributed by atoms with Crippen molar-refractivity contribution in [3.8, 4) is 0 Å². The number of likely N-dealkylation sites (tertiary alicyclic amines) is 1. The van der Waals surface area contributed by atoms with Crippen molar-refractivity contribution < 1.29 is 0 Å². The zero-order chi connectivity index (χ0) is 10.5. The van der Waals surface area contributed by atoms with Crippen LogP contribution in [0, 0.1) is 0 Å². The van der Waals surface area contributed by atoms with Crippen molar-refractivity contribution in [1.29, 1.82) is 0 Å². The number of rotatable bonds is 4. The molecule has 1 fully saturated rings. The van der Waals surface area contributed by atoms with Crippen molar-refractivity contribution in [3.05, 3.63) is 35.9 Å². The summed E-state index contributed by atoms with van der Waals surface area (Å²) in [6.45, 7) is 4.82. The third-order valence-electron chi connectivity index (χ3n) is 3.51. The Morgan fingerprint density at radius 1 is 1.27 bits per heavy atom. The normalized spacial score (nSPS) is 22.1. The fourth-order valence-electron chi connectivity index (χ4n) is 2.62. The maximum Gasteiger partial charge on any atom is 0.00987 e. The van der Waals surface area contributed by atoms with E-state index in [1.54, 1.807) is 0 Å². The van der Waals surface area contributed by atoms with Crippen molar-refractivity contribution in [2.75, 3.05) is 13.1 Å². The molecule has 82 valence electrons. The van der Waals surface area contributed by atoms with Crippen LogP contribution >= 0.6 is 0 Å². The zero-order valence-electron chi connectivity index (χ0n) is 9.65. The summed E-state index contributed by atoms with van der Waals surface area (Å²) in [5.41, 5.74) is 1.49. The second-order valence-electron chi connectivity index (χ2n) is 4.45. The Balaban J connectivity index is 1.83. The summed E-state index contributed by atoms with van der Waals surface area (Å²) in [6.07, 6.45) is 5.37. The van der Waals surface area contributed by atoms with Crippen molar-refractivity contribution in [3.63, 3.8) is 0 Å². The van der Waals surface area contributed by atoms with Gasteiger partial charge in [0, 0.05) is 6.04 Å². The van der Waals surface area contributed by atoms with Crippen LogP contribution in [0.1, 0.15) is 31.7 Å². The maximum absolute atomic E-state index is 2.63. The molecule has 1 heteroatoms. The van der Waals surface area contributed by atoms with Crippen LogP contribution in [0.3, 0.4) is 0 Å². The molecule has 0 bridgehead atoms. The number of hydrogen-bond acceptors (Lipinski definition) is 1. The van der Waals surface area contributed by atoms with Gasteiger partial charge < -0.3 is 4.90 Å². The van der Waals surface area contributed by atoms with Crippen molar-refractivity contribution in [1.82, 2.24) is 4.90 Å². The molecular weight excluding hydrogens is 182 g/mol. The molecule has 0 aromatic heterocycles. The van der Waals surface area contributed by atoms with E-state index in [1.165, 1.54) is 44.3 Å². The van der Waals surface area contributed by atoms with Gasteiger partial charge in [-0.3, -0.25) is 0 Å². The molecule has 0 saturated carbocycles. The summed E-state index contributed by atoms with van der Waals surface area (Å²) in [6, 6.07) is 11.7. The van der Waals surface area contributed by atoms with Gasteiger partial charge in [-0.15, -0.1) is 0 Å². The van der Waals surface area contributed by atoms with Crippen LogP contribution in [0.5, 0.6) is 0 Å². The molecule has 1 aromatic rings. The molecule has 1 aliphatic heterocycles. The van der Waals surface area contributed by atoms with E-state index in [0.717, 1.165) is 6.04 Å². The van der Waals surface area contributed by atoms with Crippen molar-refractivity contribution in [2.45, 2.75) is 38.6 Å². The SMILES string of the molecule is CCN1CCCC1CCc1ccccc1. The first-order valence-electron chi connectivity index (χ1n) is 6.18. The van der Waals surface area contributed by atoms with Gasteiger partial charge in [0.15, 0.2) is 0 Å². The third kappa shape index (κ3) is 2.82. The number of hydrogen-bond donors (Lipinski definition) is 0. The van der Waals surface area contributed by atoms with Gasteiger partial charge in [-0.05, 0) is 44.3 Å². The fourth-order valence-corrected chi connectivity index (χ4v) is 2.62. The van der Waals surface area contributed by atoms with E-state index in [1.807, 2.05) is 0 Å². The number of aryl methyl sites for hydroxylation is 1. The lowest BCUT2D eigenvalue weighted by Gasteiger charge is -2.22. The first-order chi connectivity index (χ1) is 7.40. The minimum absolute atomic E-state index is 0.843. The molecule has 1 saturated heterocycles. The Labute approximate surface area is 93.1 Å². The second kappa shape index (κ2) is 5.32. The molecule has 1 nitrogen and oxygen atoms in total. The Bertz CT molecular complexity index is 281. The molecule has 1 heterocycles. The molecule has 0 N–H and O–H groups in total. The van der Waals surface area contributed by atoms with E-state index in [0.29, 0.717) is 0 Å². The van der Waals surface area contributed by atoms with Crippen LogP contribution in [0.4, 0.5) is 0 Å². The predicted molar refractivity (Wildman–Crippen MR) is 65.0 cm³/mol. The molecule has 1 unspecified atom stereocenters. The highest BCUT2D eigenvalue weighted by Crippen LogP contribution is 2.21. The van der Waals surface area contributed by atoms with Gasteiger partial charge in [-0.25, -0.2) is 0 Å². The van der Waals surface area contributed by atoms with E-state index < -0.39 is 0 Å². The molecule has 2 rings (SSSR count). The van der Waals surface area contributed by atoms with Crippen molar-refractivity contribution >= 4 is 0 Å². The molecule has 0 spiro atoms. The Hall–Kier alpha value is -0.820. The summed E-state index contributed by atoms with van der Waals surface area (Å²) in [5.74, 6) is 0. The summed E-state index contributed by atoms with van der Waals surface area (Å²) < 4.78 is 0. The first-order valence-corrected chi connectivity index (χ1v) is 6.18. The van der Waals surface area contributed by atoms with Crippen LogP contribution in [0.15, 0.2) is 30.3 Å². The Kier molecular flexibility index (Phi) is 3.79. The number of benzene rings is 1. The smallest absolute Gasteiger partial charge is 0.00987 e. The van der Waals surface area contributed by atoms with E-state index >= 15 is 0 Å². The van der Waals surface area contributed by atoms with Crippen LogP contribution in [-0.4, -0.2) is 24.0 Å². The lowest BCUT2D eigenvalue weighted by molar-refractivity contribution is 0.256. The monoisotopic (exact) mass is 203 g/mol. The van der Waals surface area contributed by atoms with Crippen LogP contribution in [-0.2, 0) is 6.42 Å². The molecule has 0 aliphatic carbocycles. The van der Waals surface area contributed by atoms with E-state index in [4.69, 9.17) is 0 Å². The van der Waals surface area contributed by atoms with Gasteiger partial charge >= 0.3 is 0 Å². The molecule has 0 amide bonds. The van der Waals surface area contributed by atoms with Gasteiger partial charge in [-0.2, -0.15) is 0 Å². The predicted octanol–water partition coefficient (Wildman–Crippen LogP) is 3.10. The van der Waals surface area contributed by atoms with E-state index in [2.05, 4.69) is 42.2 Å². The molecule has 15 heavy (non-hydrogen) atoms. The molecular formula is C14H21N. The zero-order valence-corrected chi connectivity index (χ0v) is 9.65. The highest BCUT2D eigenvalue weighted by atomic mass is 15.2. The largest absolute Gasteiger partial charge is 0.301 e. The quantitative estimate of drug-likeness (QED) is 0.727. The summed E-state index contributed by atoms with van der Waals surface area (Å²) in [5, 5.41) is 0. The van der Waals surface area contributed by atoms with Crippen LogP contribution < -0.4 is 0 Å². The molecule has 1 aliphatic rings. The summed E-state index contributed by atoms with van der Waals surface area (Å²) >= 11 is 0. The minimum Gasteiger partial charge on any atom is -0.301 e. The second-order valence-corrected chi connectivity index (χ2v) is 4.45. The lowest BCUT2D eigenvalue weighted by atomic mass is 10.0. The Morgan fingerprint density at radius 2 is 2.07 bits per heavy atom. The van der Waals surface area contributed by atoms with Gasteiger partial charge in [0.2, 0.25) is 0 Å². The summed E-state index contributed by atoms with van der Waals surface area (Å²) in [7, 11) is 0. The highest BCUT2D eigenvalue weighted by Gasteiger charge is 2.21. The third-order valence-corrected chi connectivity index (χ3v) is 3.51. The van der Waals surface area contributed by atoms with Gasteiger partial charge in [-0.1, -0.05) is 37.3 Å². The molecule has 1 atom stereocenters. The first kappa shape index (κ1) is 10.7. The van der Waals surface area contributed by atoms with Crippen LogP contribution in [0.25, 0.3) is 0 Å². The molecule has 0 radical (unpaired) electrons. The van der Waals surface area contributed by atoms with E-state index in [9.17, 15) is 0 Å². The lowest BCUT2D eigenvalue weighted by Crippen LogP contribution is -2.29. The average molecular weight is 203 g/mol. The molecule has 1 aromatic carbocycles. The van der Waals surface area contributed by atoms with Gasteiger partial charge in [0.05, 0.1) is 0 Å².